The number of hydrogen-bond acceptors (Lipinski definition) is 6. The van der Waals surface area contributed by atoms with Crippen LogP contribution in [0.5, 0.6) is 0 Å². The maximum Gasteiger partial charge on any atom is 0.289 e. The Morgan fingerprint density at radius 3 is 2.57 bits per heavy atom. The molecule has 8 nitrogen and oxygen atoms in total. The Morgan fingerprint density at radius 2 is 1.96 bits per heavy atom. The van der Waals surface area contributed by atoms with Crippen LogP contribution in [0.1, 0.15) is 56.0 Å². The standard InChI is InChI=1S/C18H28N2O6S2/c1-2-3-12-20(15-9-13-27(22,23)14-15)18(21)16-7-8-17(26-16)28(24,25)19-10-5-4-6-11-19/h7-8,15H,2-6,9-14H2,1H3. The van der Waals surface area contributed by atoms with E-state index in [9.17, 15) is 21.6 Å². The molecule has 2 fully saturated rings. The highest BCUT2D eigenvalue weighted by molar-refractivity contribution is 7.91. The molecule has 10 heteroatoms. The van der Waals surface area contributed by atoms with Crippen LogP contribution in [0.3, 0.4) is 0 Å². The number of unbranched alkanes of at least 4 members (excludes halogenated alkanes) is 1. The average molecular weight is 433 g/mol. The van der Waals surface area contributed by atoms with Crippen molar-refractivity contribution in [2.45, 2.75) is 56.6 Å². The van der Waals surface area contributed by atoms with Gasteiger partial charge >= 0.3 is 0 Å². The van der Waals surface area contributed by atoms with Crippen molar-refractivity contribution in [3.8, 4) is 0 Å². The van der Waals surface area contributed by atoms with Crippen molar-refractivity contribution < 1.29 is 26.0 Å². The summed E-state index contributed by atoms with van der Waals surface area (Å²) in [4.78, 5) is 14.5. The van der Waals surface area contributed by atoms with E-state index in [0.717, 1.165) is 32.1 Å². The maximum absolute atomic E-state index is 13.0. The van der Waals surface area contributed by atoms with Gasteiger partial charge in [0.2, 0.25) is 5.09 Å². The summed E-state index contributed by atoms with van der Waals surface area (Å²) in [5.41, 5.74) is 0. The number of amides is 1. The minimum atomic E-state index is -3.75. The van der Waals surface area contributed by atoms with Gasteiger partial charge in [0.25, 0.3) is 15.9 Å². The van der Waals surface area contributed by atoms with Crippen molar-refractivity contribution in [2.24, 2.45) is 0 Å². The topological polar surface area (TPSA) is 105 Å². The summed E-state index contributed by atoms with van der Waals surface area (Å²) in [5, 5.41) is -0.229. The van der Waals surface area contributed by atoms with Crippen molar-refractivity contribution in [1.29, 1.82) is 0 Å². The van der Waals surface area contributed by atoms with Crippen LogP contribution in [0.2, 0.25) is 0 Å². The normalized spacial score (nSPS) is 23.0. The molecule has 3 heterocycles. The number of rotatable bonds is 7. The number of carbonyl (C=O) groups is 1. The van der Waals surface area contributed by atoms with Gasteiger partial charge in [-0.1, -0.05) is 19.8 Å². The molecular weight excluding hydrogens is 404 g/mol. The second kappa shape index (κ2) is 8.54. The summed E-state index contributed by atoms with van der Waals surface area (Å²) < 4.78 is 56.0. The first kappa shape index (κ1) is 21.3. The van der Waals surface area contributed by atoms with Gasteiger partial charge in [0.15, 0.2) is 15.6 Å². The van der Waals surface area contributed by atoms with E-state index in [0.29, 0.717) is 26.1 Å². The number of hydrogen-bond donors (Lipinski definition) is 0. The first-order valence-corrected chi connectivity index (χ1v) is 13.1. The quantitative estimate of drug-likeness (QED) is 0.651. The SMILES string of the molecule is CCCCN(C(=O)c1ccc(S(=O)(=O)N2CCCCC2)o1)C1CCS(=O)(=O)C1. The maximum atomic E-state index is 13.0. The fraction of sp³-hybridized carbons (Fsp3) is 0.722. The highest BCUT2D eigenvalue weighted by atomic mass is 32.2. The Labute approximate surface area is 166 Å². The highest BCUT2D eigenvalue weighted by Gasteiger charge is 2.36. The van der Waals surface area contributed by atoms with Crippen molar-refractivity contribution in [3.63, 3.8) is 0 Å². The first-order valence-electron chi connectivity index (χ1n) is 9.86. The summed E-state index contributed by atoms with van der Waals surface area (Å²) in [5.74, 6) is -0.491. The molecule has 1 amide bonds. The first-order chi connectivity index (χ1) is 13.2. The van der Waals surface area contributed by atoms with E-state index in [4.69, 9.17) is 4.42 Å². The Balaban J connectivity index is 1.80. The lowest BCUT2D eigenvalue weighted by molar-refractivity contribution is 0.0655. The van der Waals surface area contributed by atoms with Gasteiger partial charge in [0.05, 0.1) is 11.5 Å². The fourth-order valence-electron chi connectivity index (χ4n) is 3.75. The lowest BCUT2D eigenvalue weighted by atomic mass is 10.2. The number of sulfone groups is 1. The van der Waals surface area contributed by atoms with Crippen LogP contribution in [0.15, 0.2) is 21.6 Å². The van der Waals surface area contributed by atoms with E-state index in [2.05, 4.69) is 0 Å². The van der Waals surface area contributed by atoms with Crippen molar-refractivity contribution >= 4 is 25.8 Å². The van der Waals surface area contributed by atoms with Crippen molar-refractivity contribution in [3.05, 3.63) is 17.9 Å². The summed E-state index contributed by atoms with van der Waals surface area (Å²) in [6, 6.07) is 2.30. The monoisotopic (exact) mass is 432 g/mol. The summed E-state index contributed by atoms with van der Waals surface area (Å²) in [6.45, 7) is 3.32. The molecule has 1 unspecified atom stereocenters. The van der Waals surface area contributed by atoms with Crippen LogP contribution in [-0.4, -0.2) is 69.1 Å². The van der Waals surface area contributed by atoms with Crippen LogP contribution in [0.25, 0.3) is 0 Å². The average Bonchev–Trinajstić information content (AvgIpc) is 3.30. The van der Waals surface area contributed by atoms with Crippen LogP contribution in [0, 0.1) is 0 Å². The number of sulfonamides is 1. The minimum absolute atomic E-state index is 0.0535. The van der Waals surface area contributed by atoms with E-state index in [1.54, 1.807) is 0 Å². The fourth-order valence-corrected chi connectivity index (χ4v) is 6.91. The molecule has 158 valence electrons. The Bertz CT molecular complexity index is 900. The van der Waals surface area contributed by atoms with Gasteiger partial charge in [0.1, 0.15) is 0 Å². The number of piperidine rings is 1. The van der Waals surface area contributed by atoms with Crippen molar-refractivity contribution in [1.82, 2.24) is 9.21 Å². The van der Waals surface area contributed by atoms with Crippen LogP contribution in [0.4, 0.5) is 0 Å². The van der Waals surface area contributed by atoms with Crippen molar-refractivity contribution in [2.75, 3.05) is 31.1 Å². The third kappa shape index (κ3) is 4.60. The molecule has 0 aromatic carbocycles. The molecule has 0 bridgehead atoms. The predicted molar refractivity (Wildman–Crippen MR) is 104 cm³/mol. The molecule has 0 radical (unpaired) electrons. The second-order valence-corrected chi connectivity index (χ2v) is 11.6. The molecule has 1 atom stereocenters. The van der Waals surface area contributed by atoms with E-state index in [-0.39, 0.29) is 22.4 Å². The predicted octanol–water partition coefficient (Wildman–Crippen LogP) is 1.88. The Kier molecular flexibility index (Phi) is 6.51. The largest absolute Gasteiger partial charge is 0.438 e. The van der Waals surface area contributed by atoms with Gasteiger partial charge < -0.3 is 9.32 Å². The molecule has 2 aliphatic heterocycles. The molecule has 0 spiro atoms. The lowest BCUT2D eigenvalue weighted by Crippen LogP contribution is -2.41. The minimum Gasteiger partial charge on any atom is -0.438 e. The Hall–Kier alpha value is -1.39. The number of carbonyl (C=O) groups excluding carboxylic acids is 1. The number of nitrogens with zero attached hydrogens (tertiary/aromatic N) is 2. The summed E-state index contributed by atoms with van der Waals surface area (Å²) in [7, 11) is -6.90. The molecule has 0 N–H and O–H groups in total. The molecule has 1 aromatic heterocycles. The van der Waals surface area contributed by atoms with E-state index in [1.807, 2.05) is 6.92 Å². The summed E-state index contributed by atoms with van der Waals surface area (Å²) in [6.07, 6.45) is 4.62. The van der Waals surface area contributed by atoms with E-state index < -0.39 is 31.8 Å². The zero-order valence-electron chi connectivity index (χ0n) is 16.2. The molecule has 28 heavy (non-hydrogen) atoms. The van der Waals surface area contributed by atoms with Gasteiger partial charge in [-0.05, 0) is 37.8 Å². The van der Waals surface area contributed by atoms with E-state index in [1.165, 1.54) is 21.3 Å². The molecule has 1 aromatic rings. The summed E-state index contributed by atoms with van der Waals surface area (Å²) >= 11 is 0. The van der Waals surface area contributed by atoms with Crippen LogP contribution in [-0.2, 0) is 19.9 Å². The lowest BCUT2D eigenvalue weighted by Gasteiger charge is -2.27. The van der Waals surface area contributed by atoms with Gasteiger partial charge in [0, 0.05) is 25.7 Å². The molecule has 0 aliphatic carbocycles. The molecule has 2 aliphatic rings. The van der Waals surface area contributed by atoms with Gasteiger partial charge in [-0.2, -0.15) is 4.31 Å². The molecule has 0 saturated carbocycles. The van der Waals surface area contributed by atoms with Crippen LogP contribution >= 0.6 is 0 Å². The smallest absolute Gasteiger partial charge is 0.289 e. The molecular formula is C18H28N2O6S2. The van der Waals surface area contributed by atoms with Gasteiger partial charge in [-0.15, -0.1) is 0 Å². The third-order valence-corrected chi connectivity index (χ3v) is 8.89. The van der Waals surface area contributed by atoms with Crippen LogP contribution < -0.4 is 0 Å². The highest BCUT2D eigenvalue weighted by Crippen LogP contribution is 2.25. The zero-order valence-corrected chi connectivity index (χ0v) is 17.8. The molecule has 2 saturated heterocycles. The van der Waals surface area contributed by atoms with Gasteiger partial charge in [-0.3, -0.25) is 4.79 Å². The van der Waals surface area contributed by atoms with Gasteiger partial charge in [-0.25, -0.2) is 16.8 Å². The number of furan rings is 1. The third-order valence-electron chi connectivity index (χ3n) is 5.36. The molecule has 3 rings (SSSR count). The van der Waals surface area contributed by atoms with E-state index >= 15 is 0 Å². The Morgan fingerprint density at radius 1 is 1.25 bits per heavy atom. The zero-order chi connectivity index (χ0) is 20.4. The second-order valence-electron chi connectivity index (χ2n) is 7.49.